The van der Waals surface area contributed by atoms with Crippen molar-refractivity contribution in [2.75, 3.05) is 12.4 Å². The average Bonchev–Trinajstić information content (AvgIpc) is 3.20. The highest BCUT2D eigenvalue weighted by molar-refractivity contribution is 6.08. The summed E-state index contributed by atoms with van der Waals surface area (Å²) in [4.78, 5) is 17.4. The second-order valence-corrected chi connectivity index (χ2v) is 7.09. The van der Waals surface area contributed by atoms with E-state index in [1.807, 2.05) is 26.0 Å². The lowest BCUT2D eigenvalue weighted by atomic mass is 10.1. The van der Waals surface area contributed by atoms with Gasteiger partial charge in [-0.25, -0.2) is 18.3 Å². The third-order valence-corrected chi connectivity index (χ3v) is 5.21. The normalized spacial score (nSPS) is 11.2. The summed E-state index contributed by atoms with van der Waals surface area (Å²) < 4.78 is 33.7. The standard InChI is InChI=1S/C23H20F2N4O2/c1-13-5-4-6-18(14(13)2)28-23(30)17-12-26-29-20(21(24)25)11-19(27-22(17)29)15-7-9-16(31-3)10-8-15/h4-12,21H,1-3H3,(H,28,30). The van der Waals surface area contributed by atoms with Crippen LogP contribution in [0.1, 0.15) is 33.6 Å². The molecule has 0 saturated carbocycles. The lowest BCUT2D eigenvalue weighted by Gasteiger charge is -2.11. The number of hydrogen-bond donors (Lipinski definition) is 1. The van der Waals surface area contributed by atoms with E-state index in [1.165, 1.54) is 12.3 Å². The van der Waals surface area contributed by atoms with Crippen molar-refractivity contribution < 1.29 is 18.3 Å². The molecule has 1 amide bonds. The number of nitrogens with zero attached hydrogens (tertiary/aromatic N) is 3. The number of ether oxygens (including phenoxy) is 1. The Morgan fingerprint density at radius 3 is 2.55 bits per heavy atom. The molecule has 31 heavy (non-hydrogen) atoms. The first-order valence-corrected chi connectivity index (χ1v) is 9.58. The zero-order valence-electron chi connectivity index (χ0n) is 17.2. The number of methoxy groups -OCH3 is 1. The summed E-state index contributed by atoms with van der Waals surface area (Å²) in [6.45, 7) is 3.84. The Balaban J connectivity index is 1.80. The van der Waals surface area contributed by atoms with Gasteiger partial charge in [-0.2, -0.15) is 5.10 Å². The van der Waals surface area contributed by atoms with E-state index in [4.69, 9.17) is 4.74 Å². The number of aromatic nitrogens is 3. The summed E-state index contributed by atoms with van der Waals surface area (Å²) in [6.07, 6.45) is -1.54. The highest BCUT2D eigenvalue weighted by Gasteiger charge is 2.22. The Morgan fingerprint density at radius 1 is 1.13 bits per heavy atom. The molecule has 1 N–H and O–H groups in total. The van der Waals surface area contributed by atoms with Gasteiger partial charge < -0.3 is 10.1 Å². The van der Waals surface area contributed by atoms with E-state index in [0.717, 1.165) is 15.6 Å². The molecule has 2 heterocycles. The van der Waals surface area contributed by atoms with Gasteiger partial charge in [0, 0.05) is 11.3 Å². The van der Waals surface area contributed by atoms with Gasteiger partial charge in [0.25, 0.3) is 12.3 Å². The first kappa shape index (κ1) is 20.5. The number of anilines is 1. The third-order valence-electron chi connectivity index (χ3n) is 5.21. The molecule has 0 spiro atoms. The van der Waals surface area contributed by atoms with Crippen LogP contribution in [0.2, 0.25) is 0 Å². The van der Waals surface area contributed by atoms with E-state index in [2.05, 4.69) is 15.4 Å². The van der Waals surface area contributed by atoms with Gasteiger partial charge in [0.05, 0.1) is 19.0 Å². The van der Waals surface area contributed by atoms with Crippen molar-refractivity contribution in [3.63, 3.8) is 0 Å². The topological polar surface area (TPSA) is 68.5 Å². The quantitative estimate of drug-likeness (QED) is 0.479. The molecule has 2 aromatic carbocycles. The monoisotopic (exact) mass is 422 g/mol. The largest absolute Gasteiger partial charge is 0.497 e. The third kappa shape index (κ3) is 3.84. The summed E-state index contributed by atoms with van der Waals surface area (Å²) in [5.74, 6) is 0.167. The van der Waals surface area contributed by atoms with E-state index in [0.29, 0.717) is 22.7 Å². The minimum atomic E-state index is -2.79. The fourth-order valence-corrected chi connectivity index (χ4v) is 3.29. The molecule has 0 atom stereocenters. The average molecular weight is 422 g/mol. The van der Waals surface area contributed by atoms with Gasteiger partial charge in [0.15, 0.2) is 5.65 Å². The van der Waals surface area contributed by atoms with E-state index < -0.39 is 12.3 Å². The Bertz CT molecular complexity index is 1270. The molecule has 0 aliphatic rings. The van der Waals surface area contributed by atoms with Crippen molar-refractivity contribution in [2.24, 2.45) is 0 Å². The summed E-state index contributed by atoms with van der Waals surface area (Å²) >= 11 is 0. The predicted molar refractivity (Wildman–Crippen MR) is 114 cm³/mol. The van der Waals surface area contributed by atoms with E-state index in [-0.39, 0.29) is 16.9 Å². The molecule has 158 valence electrons. The van der Waals surface area contributed by atoms with Gasteiger partial charge in [-0.3, -0.25) is 4.79 Å². The first-order chi connectivity index (χ1) is 14.9. The summed E-state index contributed by atoms with van der Waals surface area (Å²) in [6, 6.07) is 13.7. The zero-order valence-corrected chi connectivity index (χ0v) is 17.2. The second kappa shape index (κ2) is 8.14. The van der Waals surface area contributed by atoms with Gasteiger partial charge in [0.1, 0.15) is 17.0 Å². The number of fused-ring (bicyclic) bond motifs is 1. The lowest BCUT2D eigenvalue weighted by molar-refractivity contribution is 0.102. The SMILES string of the molecule is COc1ccc(-c2cc(C(F)F)n3ncc(C(=O)Nc4cccc(C)c4C)c3n2)cc1. The Kier molecular flexibility index (Phi) is 5.37. The number of aryl methyl sites for hydroxylation is 1. The Labute approximate surface area is 177 Å². The van der Waals surface area contributed by atoms with Crippen LogP contribution < -0.4 is 10.1 Å². The lowest BCUT2D eigenvalue weighted by Crippen LogP contribution is -2.14. The summed E-state index contributed by atoms with van der Waals surface area (Å²) in [7, 11) is 1.54. The fourth-order valence-electron chi connectivity index (χ4n) is 3.29. The molecular weight excluding hydrogens is 402 g/mol. The van der Waals surface area contributed by atoms with Crippen LogP contribution in [-0.4, -0.2) is 27.6 Å². The van der Waals surface area contributed by atoms with Crippen molar-refractivity contribution in [1.82, 2.24) is 14.6 Å². The Hall–Kier alpha value is -3.81. The molecule has 6 nitrogen and oxygen atoms in total. The minimum Gasteiger partial charge on any atom is -0.497 e. The second-order valence-electron chi connectivity index (χ2n) is 7.09. The van der Waals surface area contributed by atoms with Crippen LogP contribution >= 0.6 is 0 Å². The van der Waals surface area contributed by atoms with Gasteiger partial charge in [-0.05, 0) is 61.4 Å². The van der Waals surface area contributed by atoms with Crippen molar-refractivity contribution in [2.45, 2.75) is 20.3 Å². The number of amides is 1. The number of halogens is 2. The molecule has 4 rings (SSSR count). The van der Waals surface area contributed by atoms with E-state index >= 15 is 0 Å². The number of rotatable bonds is 5. The zero-order chi connectivity index (χ0) is 22.1. The molecule has 0 unspecified atom stereocenters. The van der Waals surface area contributed by atoms with Gasteiger partial charge in [-0.15, -0.1) is 0 Å². The van der Waals surface area contributed by atoms with Crippen LogP contribution in [0.25, 0.3) is 16.9 Å². The molecule has 0 fully saturated rings. The van der Waals surface area contributed by atoms with Crippen LogP contribution in [0.5, 0.6) is 5.75 Å². The van der Waals surface area contributed by atoms with Gasteiger partial charge >= 0.3 is 0 Å². The van der Waals surface area contributed by atoms with Crippen LogP contribution in [0.15, 0.2) is 54.7 Å². The maximum Gasteiger partial charge on any atom is 0.280 e. The molecule has 0 aliphatic heterocycles. The molecule has 2 aromatic heterocycles. The van der Waals surface area contributed by atoms with Crippen molar-refractivity contribution in [3.8, 4) is 17.0 Å². The van der Waals surface area contributed by atoms with Crippen LogP contribution in [0, 0.1) is 13.8 Å². The van der Waals surface area contributed by atoms with Gasteiger partial charge in [0.2, 0.25) is 0 Å². The van der Waals surface area contributed by atoms with E-state index in [1.54, 1.807) is 37.4 Å². The smallest absolute Gasteiger partial charge is 0.280 e. The predicted octanol–water partition coefficient (Wildman–Crippen LogP) is 5.21. The van der Waals surface area contributed by atoms with Gasteiger partial charge in [-0.1, -0.05) is 12.1 Å². The van der Waals surface area contributed by atoms with Crippen molar-refractivity contribution >= 4 is 17.2 Å². The molecule has 4 aromatic rings. The number of nitrogens with one attached hydrogen (secondary N) is 1. The molecule has 0 radical (unpaired) electrons. The highest BCUT2D eigenvalue weighted by Crippen LogP contribution is 2.28. The maximum atomic E-state index is 13.8. The maximum absolute atomic E-state index is 13.8. The van der Waals surface area contributed by atoms with Crippen LogP contribution in [0.4, 0.5) is 14.5 Å². The summed E-state index contributed by atoms with van der Waals surface area (Å²) in [5.41, 5.74) is 3.35. The Morgan fingerprint density at radius 2 is 1.87 bits per heavy atom. The number of carbonyl (C=O) groups is 1. The molecule has 0 bridgehead atoms. The molecule has 8 heteroatoms. The van der Waals surface area contributed by atoms with Crippen LogP contribution in [0.3, 0.4) is 0 Å². The van der Waals surface area contributed by atoms with E-state index in [9.17, 15) is 13.6 Å². The number of alkyl halides is 2. The summed E-state index contributed by atoms with van der Waals surface area (Å²) in [5, 5.41) is 6.83. The molecule has 0 saturated heterocycles. The molecular formula is C23H20F2N4O2. The fraction of sp³-hybridized carbons (Fsp3) is 0.174. The molecule has 0 aliphatic carbocycles. The number of carbonyl (C=O) groups excluding carboxylic acids is 1. The van der Waals surface area contributed by atoms with Crippen molar-refractivity contribution in [1.29, 1.82) is 0 Å². The van der Waals surface area contributed by atoms with Crippen LogP contribution in [-0.2, 0) is 0 Å². The van der Waals surface area contributed by atoms with Crippen molar-refractivity contribution in [3.05, 3.63) is 77.1 Å². The number of hydrogen-bond acceptors (Lipinski definition) is 4. The minimum absolute atomic E-state index is 0.0615. The first-order valence-electron chi connectivity index (χ1n) is 9.58. The highest BCUT2D eigenvalue weighted by atomic mass is 19.3. The number of benzene rings is 2.